The number of epoxide rings is 1. The average molecular weight is 304 g/mol. The summed E-state index contributed by atoms with van der Waals surface area (Å²) in [5.74, 6) is 0.540. The Labute approximate surface area is 124 Å². The molecule has 110 valence electrons. The third kappa shape index (κ3) is 3.25. The topological polar surface area (TPSA) is 55.9 Å². The highest BCUT2D eigenvalue weighted by atomic mass is 32.2. The van der Waals surface area contributed by atoms with Crippen molar-refractivity contribution in [3.8, 4) is 5.75 Å². The van der Waals surface area contributed by atoms with Crippen molar-refractivity contribution in [1.82, 2.24) is 0 Å². The van der Waals surface area contributed by atoms with Crippen molar-refractivity contribution in [2.24, 2.45) is 0 Å². The van der Waals surface area contributed by atoms with Crippen molar-refractivity contribution in [1.29, 1.82) is 0 Å². The van der Waals surface area contributed by atoms with Gasteiger partial charge < -0.3 is 9.47 Å². The van der Waals surface area contributed by atoms with Crippen molar-refractivity contribution in [3.05, 3.63) is 54.1 Å². The van der Waals surface area contributed by atoms with E-state index in [1.165, 1.54) is 0 Å². The molecule has 0 aromatic heterocycles. The Morgan fingerprint density at radius 1 is 1.14 bits per heavy atom. The maximum absolute atomic E-state index is 12.6. The van der Waals surface area contributed by atoms with E-state index in [0.717, 1.165) is 5.56 Å². The van der Waals surface area contributed by atoms with Gasteiger partial charge in [-0.15, -0.1) is 0 Å². The molecule has 1 fully saturated rings. The highest BCUT2D eigenvalue weighted by Crippen LogP contribution is 2.25. The van der Waals surface area contributed by atoms with Gasteiger partial charge >= 0.3 is 0 Å². The minimum atomic E-state index is -3.51. The summed E-state index contributed by atoms with van der Waals surface area (Å²) >= 11 is 0. The molecule has 1 saturated heterocycles. The van der Waals surface area contributed by atoms with Gasteiger partial charge in [-0.2, -0.15) is 0 Å². The number of rotatable bonds is 5. The van der Waals surface area contributed by atoms with Crippen LogP contribution < -0.4 is 4.74 Å². The van der Waals surface area contributed by atoms with Gasteiger partial charge in [0.25, 0.3) is 0 Å². The van der Waals surface area contributed by atoms with Crippen molar-refractivity contribution in [2.75, 3.05) is 13.2 Å². The summed E-state index contributed by atoms with van der Waals surface area (Å²) in [5.41, 5.74) is 1.02. The van der Waals surface area contributed by atoms with Crippen molar-refractivity contribution in [2.45, 2.75) is 22.8 Å². The van der Waals surface area contributed by atoms with Gasteiger partial charge in [-0.25, -0.2) is 8.42 Å². The number of aryl methyl sites for hydroxylation is 1. The monoisotopic (exact) mass is 304 g/mol. The summed E-state index contributed by atoms with van der Waals surface area (Å²) in [7, 11) is -3.51. The third-order valence-corrected chi connectivity index (χ3v) is 5.05. The van der Waals surface area contributed by atoms with E-state index in [0.29, 0.717) is 19.0 Å². The summed E-state index contributed by atoms with van der Waals surface area (Å²) in [6.07, 6.45) is 0.141. The molecule has 0 N–H and O–H groups in total. The van der Waals surface area contributed by atoms with Crippen LogP contribution in [0.5, 0.6) is 5.75 Å². The Hall–Kier alpha value is -1.85. The minimum absolute atomic E-state index is 0.141. The normalized spacial score (nSPS) is 17.5. The van der Waals surface area contributed by atoms with Crippen LogP contribution in [0.3, 0.4) is 0 Å². The van der Waals surface area contributed by atoms with Crippen molar-refractivity contribution >= 4 is 9.84 Å². The molecule has 1 heterocycles. The van der Waals surface area contributed by atoms with Crippen LogP contribution in [-0.4, -0.2) is 27.7 Å². The van der Waals surface area contributed by atoms with Crippen LogP contribution in [0.15, 0.2) is 58.3 Å². The van der Waals surface area contributed by atoms with E-state index in [2.05, 4.69) is 0 Å². The molecule has 2 aromatic rings. The zero-order valence-corrected chi connectivity index (χ0v) is 12.5. The van der Waals surface area contributed by atoms with E-state index < -0.39 is 9.84 Å². The predicted molar refractivity (Wildman–Crippen MR) is 78.3 cm³/mol. The zero-order valence-electron chi connectivity index (χ0n) is 11.7. The molecular weight excluding hydrogens is 288 g/mol. The molecule has 1 unspecified atom stereocenters. The van der Waals surface area contributed by atoms with Gasteiger partial charge in [0.1, 0.15) is 18.5 Å². The molecule has 21 heavy (non-hydrogen) atoms. The van der Waals surface area contributed by atoms with Crippen molar-refractivity contribution < 1.29 is 17.9 Å². The number of hydrogen-bond donors (Lipinski definition) is 0. The quantitative estimate of drug-likeness (QED) is 0.797. The molecule has 0 amide bonds. The first kappa shape index (κ1) is 14.1. The maximum Gasteiger partial charge on any atom is 0.206 e. The minimum Gasteiger partial charge on any atom is -0.491 e. The van der Waals surface area contributed by atoms with Crippen LogP contribution in [0.25, 0.3) is 0 Å². The Morgan fingerprint density at radius 3 is 2.52 bits per heavy atom. The smallest absolute Gasteiger partial charge is 0.206 e. The second-order valence-corrected chi connectivity index (χ2v) is 7.01. The first-order chi connectivity index (χ1) is 10.1. The van der Waals surface area contributed by atoms with Crippen LogP contribution in [0.1, 0.15) is 5.56 Å². The zero-order chi connectivity index (χ0) is 14.9. The number of sulfone groups is 1. The third-order valence-electron chi connectivity index (χ3n) is 3.29. The Balaban J connectivity index is 1.87. The van der Waals surface area contributed by atoms with Crippen LogP contribution >= 0.6 is 0 Å². The van der Waals surface area contributed by atoms with Crippen molar-refractivity contribution in [3.63, 3.8) is 0 Å². The molecular formula is C16H16O4S. The molecule has 0 bridgehead atoms. The van der Waals surface area contributed by atoms with E-state index in [1.807, 2.05) is 6.92 Å². The molecule has 0 saturated carbocycles. The molecule has 1 atom stereocenters. The lowest BCUT2D eigenvalue weighted by molar-refractivity contribution is 0.262. The molecule has 4 nitrogen and oxygen atoms in total. The summed E-state index contributed by atoms with van der Waals surface area (Å²) < 4.78 is 35.7. The largest absolute Gasteiger partial charge is 0.491 e. The molecule has 3 rings (SSSR count). The summed E-state index contributed by atoms with van der Waals surface area (Å²) in [4.78, 5) is 0.524. The summed E-state index contributed by atoms with van der Waals surface area (Å²) in [5, 5.41) is 0. The molecule has 0 radical (unpaired) electrons. The summed E-state index contributed by atoms with van der Waals surface area (Å²) in [6, 6.07) is 13.4. The van der Waals surface area contributed by atoms with E-state index >= 15 is 0 Å². The molecule has 0 spiro atoms. The van der Waals surface area contributed by atoms with Gasteiger partial charge in [0.2, 0.25) is 9.84 Å². The van der Waals surface area contributed by atoms with Gasteiger partial charge in [-0.3, -0.25) is 0 Å². The molecule has 0 aliphatic carbocycles. The predicted octanol–water partition coefficient (Wildman–Crippen LogP) is 2.61. The second kappa shape index (κ2) is 5.50. The average Bonchev–Trinajstić information content (AvgIpc) is 3.30. The number of hydrogen-bond acceptors (Lipinski definition) is 4. The first-order valence-electron chi connectivity index (χ1n) is 6.72. The van der Waals surface area contributed by atoms with E-state index in [4.69, 9.17) is 9.47 Å². The molecule has 1 aliphatic rings. The van der Waals surface area contributed by atoms with Gasteiger partial charge in [-0.05, 0) is 37.3 Å². The van der Waals surface area contributed by atoms with Gasteiger partial charge in [0.15, 0.2) is 0 Å². The van der Waals surface area contributed by atoms with Crippen LogP contribution in [-0.2, 0) is 14.6 Å². The van der Waals surface area contributed by atoms with Gasteiger partial charge in [0.05, 0.1) is 16.4 Å². The highest BCUT2D eigenvalue weighted by molar-refractivity contribution is 7.91. The van der Waals surface area contributed by atoms with Gasteiger partial charge in [0, 0.05) is 0 Å². The standard InChI is InChI=1S/C16H16O4S/c1-12-5-7-15(8-6-12)21(17,18)16-4-2-3-13(9-16)19-10-14-11-20-14/h2-9,14H,10-11H2,1H3. The fourth-order valence-corrected chi connectivity index (χ4v) is 3.23. The second-order valence-electron chi connectivity index (χ2n) is 5.06. The van der Waals surface area contributed by atoms with E-state index in [1.54, 1.807) is 48.5 Å². The first-order valence-corrected chi connectivity index (χ1v) is 8.20. The summed E-state index contributed by atoms with van der Waals surface area (Å²) in [6.45, 7) is 3.08. The Bertz CT molecular complexity index is 731. The molecule has 1 aliphatic heterocycles. The molecule has 5 heteroatoms. The number of ether oxygens (including phenoxy) is 2. The lowest BCUT2D eigenvalue weighted by Crippen LogP contribution is -2.06. The maximum atomic E-state index is 12.6. The van der Waals surface area contributed by atoms with Crippen LogP contribution in [0.4, 0.5) is 0 Å². The Kier molecular flexibility index (Phi) is 3.69. The van der Waals surface area contributed by atoms with Crippen LogP contribution in [0.2, 0.25) is 0 Å². The fraction of sp³-hybridized carbons (Fsp3) is 0.250. The lowest BCUT2D eigenvalue weighted by atomic mass is 10.2. The number of benzene rings is 2. The highest BCUT2D eigenvalue weighted by Gasteiger charge is 2.23. The Morgan fingerprint density at radius 2 is 1.86 bits per heavy atom. The van der Waals surface area contributed by atoms with Crippen LogP contribution in [0, 0.1) is 6.92 Å². The molecule has 2 aromatic carbocycles. The van der Waals surface area contributed by atoms with Gasteiger partial charge in [-0.1, -0.05) is 23.8 Å². The lowest BCUT2D eigenvalue weighted by Gasteiger charge is -2.08. The van der Waals surface area contributed by atoms with E-state index in [-0.39, 0.29) is 15.9 Å². The SMILES string of the molecule is Cc1ccc(S(=O)(=O)c2cccc(OCC3CO3)c2)cc1. The fourth-order valence-electron chi connectivity index (χ4n) is 1.94. The van der Waals surface area contributed by atoms with E-state index in [9.17, 15) is 8.42 Å².